The van der Waals surface area contributed by atoms with E-state index < -0.39 is 0 Å². The SMILES string of the molecule is CC(C)CN1CCN(c2ccnc(N)n2)CC1. The van der Waals surface area contributed by atoms with Gasteiger partial charge in [0.05, 0.1) is 0 Å². The molecule has 1 aromatic heterocycles. The Hall–Kier alpha value is -1.36. The van der Waals surface area contributed by atoms with E-state index in [1.807, 2.05) is 6.07 Å². The van der Waals surface area contributed by atoms with Crippen LogP contribution in [0.1, 0.15) is 13.8 Å². The molecule has 1 aromatic rings. The van der Waals surface area contributed by atoms with Crippen molar-refractivity contribution in [1.82, 2.24) is 14.9 Å². The summed E-state index contributed by atoms with van der Waals surface area (Å²) in [6.07, 6.45) is 1.72. The van der Waals surface area contributed by atoms with Gasteiger partial charge in [-0.15, -0.1) is 0 Å². The van der Waals surface area contributed by atoms with E-state index in [1.165, 1.54) is 6.54 Å². The van der Waals surface area contributed by atoms with E-state index in [4.69, 9.17) is 5.73 Å². The first kappa shape index (κ1) is 12.1. The maximum atomic E-state index is 5.60. The lowest BCUT2D eigenvalue weighted by molar-refractivity contribution is 0.231. The molecule has 1 saturated heterocycles. The molecule has 0 unspecified atom stereocenters. The van der Waals surface area contributed by atoms with Gasteiger partial charge in [-0.2, -0.15) is 4.98 Å². The largest absolute Gasteiger partial charge is 0.368 e. The van der Waals surface area contributed by atoms with Gasteiger partial charge < -0.3 is 10.6 Å². The van der Waals surface area contributed by atoms with Gasteiger partial charge in [-0.3, -0.25) is 4.90 Å². The standard InChI is InChI=1S/C12H21N5/c1-10(2)9-16-5-7-17(8-6-16)11-3-4-14-12(13)15-11/h3-4,10H,5-9H2,1-2H3,(H2,13,14,15). The number of nitrogen functional groups attached to an aromatic ring is 1. The van der Waals surface area contributed by atoms with Crippen LogP contribution < -0.4 is 10.6 Å². The number of rotatable bonds is 3. The first-order chi connectivity index (χ1) is 8.15. The zero-order valence-electron chi connectivity index (χ0n) is 10.6. The fraction of sp³-hybridized carbons (Fsp3) is 0.667. The van der Waals surface area contributed by atoms with Crippen LogP contribution in [0.3, 0.4) is 0 Å². The molecule has 2 heterocycles. The second kappa shape index (κ2) is 5.31. The summed E-state index contributed by atoms with van der Waals surface area (Å²) in [6.45, 7) is 9.94. The van der Waals surface area contributed by atoms with Gasteiger partial charge in [0, 0.05) is 38.9 Å². The fourth-order valence-corrected chi connectivity index (χ4v) is 2.22. The molecule has 2 N–H and O–H groups in total. The van der Waals surface area contributed by atoms with Crippen LogP contribution in [-0.2, 0) is 0 Å². The van der Waals surface area contributed by atoms with Gasteiger partial charge in [-0.25, -0.2) is 4.98 Å². The maximum absolute atomic E-state index is 5.60. The summed E-state index contributed by atoms with van der Waals surface area (Å²) in [7, 11) is 0. The van der Waals surface area contributed by atoms with Gasteiger partial charge in [0.2, 0.25) is 5.95 Å². The van der Waals surface area contributed by atoms with E-state index in [1.54, 1.807) is 6.20 Å². The smallest absolute Gasteiger partial charge is 0.221 e. The van der Waals surface area contributed by atoms with Crippen LogP contribution in [-0.4, -0.2) is 47.6 Å². The van der Waals surface area contributed by atoms with E-state index in [9.17, 15) is 0 Å². The molecule has 0 aromatic carbocycles. The van der Waals surface area contributed by atoms with Crippen LogP contribution >= 0.6 is 0 Å². The van der Waals surface area contributed by atoms with Crippen molar-refractivity contribution in [3.63, 3.8) is 0 Å². The number of anilines is 2. The lowest BCUT2D eigenvalue weighted by Crippen LogP contribution is -2.47. The van der Waals surface area contributed by atoms with Crippen molar-refractivity contribution < 1.29 is 0 Å². The van der Waals surface area contributed by atoms with E-state index >= 15 is 0 Å². The predicted molar refractivity (Wildman–Crippen MR) is 69.9 cm³/mol. The summed E-state index contributed by atoms with van der Waals surface area (Å²) in [5.74, 6) is 2.03. The van der Waals surface area contributed by atoms with E-state index in [-0.39, 0.29) is 0 Å². The predicted octanol–water partition coefficient (Wildman–Crippen LogP) is 0.837. The molecule has 94 valence electrons. The third kappa shape index (κ3) is 3.30. The topological polar surface area (TPSA) is 58.3 Å². The first-order valence-corrected chi connectivity index (χ1v) is 6.21. The molecule has 0 saturated carbocycles. The Morgan fingerprint density at radius 2 is 2.00 bits per heavy atom. The number of nitrogens with two attached hydrogens (primary N) is 1. The van der Waals surface area contributed by atoms with Crippen LogP contribution in [0.25, 0.3) is 0 Å². The number of hydrogen-bond acceptors (Lipinski definition) is 5. The molecule has 0 aliphatic carbocycles. The summed E-state index contributed by atoms with van der Waals surface area (Å²) in [5, 5.41) is 0. The van der Waals surface area contributed by atoms with Crippen molar-refractivity contribution in [2.45, 2.75) is 13.8 Å². The minimum Gasteiger partial charge on any atom is -0.368 e. The Bertz CT molecular complexity index is 358. The zero-order valence-corrected chi connectivity index (χ0v) is 10.6. The zero-order chi connectivity index (χ0) is 12.3. The van der Waals surface area contributed by atoms with Crippen LogP contribution in [0.15, 0.2) is 12.3 Å². The lowest BCUT2D eigenvalue weighted by atomic mass is 10.2. The highest BCUT2D eigenvalue weighted by molar-refractivity contribution is 5.41. The molecule has 5 nitrogen and oxygen atoms in total. The van der Waals surface area contributed by atoms with Crippen molar-refractivity contribution in [2.24, 2.45) is 5.92 Å². The van der Waals surface area contributed by atoms with E-state index in [2.05, 4.69) is 33.6 Å². The van der Waals surface area contributed by atoms with Crippen LogP contribution in [0.4, 0.5) is 11.8 Å². The molecule has 0 bridgehead atoms. The molecule has 17 heavy (non-hydrogen) atoms. The van der Waals surface area contributed by atoms with E-state index in [0.717, 1.165) is 37.9 Å². The average molecular weight is 235 g/mol. The third-order valence-corrected chi connectivity index (χ3v) is 2.98. The first-order valence-electron chi connectivity index (χ1n) is 6.21. The highest BCUT2D eigenvalue weighted by Crippen LogP contribution is 2.14. The van der Waals surface area contributed by atoms with Gasteiger partial charge in [-0.05, 0) is 12.0 Å². The number of hydrogen-bond donors (Lipinski definition) is 1. The van der Waals surface area contributed by atoms with E-state index in [0.29, 0.717) is 5.95 Å². The molecule has 0 radical (unpaired) electrons. The normalized spacial score (nSPS) is 17.7. The van der Waals surface area contributed by atoms with Crippen LogP contribution in [0.5, 0.6) is 0 Å². The van der Waals surface area contributed by atoms with Gasteiger partial charge in [-0.1, -0.05) is 13.8 Å². The van der Waals surface area contributed by atoms with Gasteiger partial charge in [0.1, 0.15) is 5.82 Å². The maximum Gasteiger partial charge on any atom is 0.221 e. The Morgan fingerprint density at radius 1 is 1.29 bits per heavy atom. The second-order valence-corrected chi connectivity index (χ2v) is 4.95. The average Bonchev–Trinajstić information content (AvgIpc) is 2.29. The van der Waals surface area contributed by atoms with Crippen molar-refractivity contribution in [3.05, 3.63) is 12.3 Å². The molecule has 1 aliphatic rings. The second-order valence-electron chi connectivity index (χ2n) is 4.95. The molecule has 0 amide bonds. The number of aromatic nitrogens is 2. The molecular formula is C12H21N5. The quantitative estimate of drug-likeness (QED) is 0.841. The molecular weight excluding hydrogens is 214 g/mol. The monoisotopic (exact) mass is 235 g/mol. The van der Waals surface area contributed by atoms with Crippen molar-refractivity contribution >= 4 is 11.8 Å². The summed E-state index contributed by atoms with van der Waals surface area (Å²) >= 11 is 0. The Labute approximate surface area is 103 Å². The molecule has 1 aliphatic heterocycles. The molecule has 0 spiro atoms. The highest BCUT2D eigenvalue weighted by Gasteiger charge is 2.18. The van der Waals surface area contributed by atoms with Gasteiger partial charge in [0.25, 0.3) is 0 Å². The molecule has 5 heteroatoms. The Kier molecular flexibility index (Phi) is 3.78. The lowest BCUT2D eigenvalue weighted by Gasteiger charge is -2.36. The minimum atomic E-state index is 0.354. The third-order valence-electron chi connectivity index (χ3n) is 2.98. The minimum absolute atomic E-state index is 0.354. The van der Waals surface area contributed by atoms with Crippen molar-refractivity contribution in [2.75, 3.05) is 43.4 Å². The molecule has 1 fully saturated rings. The Balaban J connectivity index is 1.91. The summed E-state index contributed by atoms with van der Waals surface area (Å²) < 4.78 is 0. The summed E-state index contributed by atoms with van der Waals surface area (Å²) in [5.41, 5.74) is 5.60. The molecule has 0 atom stereocenters. The number of nitrogens with zero attached hydrogens (tertiary/aromatic N) is 4. The van der Waals surface area contributed by atoms with Gasteiger partial charge in [0.15, 0.2) is 0 Å². The van der Waals surface area contributed by atoms with Gasteiger partial charge >= 0.3 is 0 Å². The summed E-state index contributed by atoms with van der Waals surface area (Å²) in [4.78, 5) is 13.0. The highest BCUT2D eigenvalue weighted by atomic mass is 15.3. The Morgan fingerprint density at radius 3 is 2.59 bits per heavy atom. The van der Waals surface area contributed by atoms with Crippen LogP contribution in [0.2, 0.25) is 0 Å². The molecule has 2 rings (SSSR count). The summed E-state index contributed by atoms with van der Waals surface area (Å²) in [6, 6.07) is 1.93. The van der Waals surface area contributed by atoms with Crippen molar-refractivity contribution in [1.29, 1.82) is 0 Å². The number of piperazine rings is 1. The van der Waals surface area contributed by atoms with Crippen molar-refractivity contribution in [3.8, 4) is 0 Å². The van der Waals surface area contributed by atoms with Crippen LogP contribution in [0, 0.1) is 5.92 Å². The fourth-order valence-electron chi connectivity index (χ4n) is 2.22.